The number of carbonyl (C=O) groups is 1. The Hall–Kier alpha value is -2.70. The lowest BCUT2D eigenvalue weighted by molar-refractivity contribution is -0.132. The second-order valence-electron chi connectivity index (χ2n) is 7.11. The van der Waals surface area contributed by atoms with E-state index in [1.807, 2.05) is 17.9 Å². The van der Waals surface area contributed by atoms with E-state index in [1.165, 1.54) is 5.56 Å². The van der Waals surface area contributed by atoms with Crippen LogP contribution in [0.4, 0.5) is 0 Å². The van der Waals surface area contributed by atoms with Crippen LogP contribution < -0.4 is 0 Å². The minimum Gasteiger partial charge on any atom is -0.342 e. The van der Waals surface area contributed by atoms with Crippen molar-refractivity contribution >= 4 is 16.9 Å². The zero-order valence-electron chi connectivity index (χ0n) is 15.2. The number of rotatable bonds is 4. The molecule has 0 bridgehead atoms. The lowest BCUT2D eigenvalue weighted by Crippen LogP contribution is -2.39. The third kappa shape index (κ3) is 3.34. The number of carbonyl (C=O) groups excluding carboxylic acids is 1. The lowest BCUT2D eigenvalue weighted by Gasteiger charge is -2.31. The van der Waals surface area contributed by atoms with Gasteiger partial charge in [-0.05, 0) is 38.3 Å². The predicted molar refractivity (Wildman–Crippen MR) is 98.8 cm³/mol. The van der Waals surface area contributed by atoms with Crippen molar-refractivity contribution in [1.29, 1.82) is 0 Å². The molecule has 7 heteroatoms. The van der Waals surface area contributed by atoms with Gasteiger partial charge in [0.05, 0.1) is 11.0 Å². The van der Waals surface area contributed by atoms with Crippen LogP contribution in [0.25, 0.3) is 11.0 Å². The number of H-pyrrole nitrogens is 2. The predicted octanol–water partition coefficient (Wildman–Crippen LogP) is 2.64. The van der Waals surface area contributed by atoms with Crippen molar-refractivity contribution in [2.45, 2.75) is 45.4 Å². The summed E-state index contributed by atoms with van der Waals surface area (Å²) in [6, 6.07) is 6.18. The van der Waals surface area contributed by atoms with Crippen molar-refractivity contribution in [1.82, 2.24) is 30.0 Å². The SMILES string of the molecule is Cc1nc(CCC(=O)N2CCC[C@H](c3nc4c(C)cccc4[nH]3)C2)n[nH]1. The van der Waals surface area contributed by atoms with Crippen molar-refractivity contribution in [3.8, 4) is 0 Å². The third-order valence-electron chi connectivity index (χ3n) is 5.10. The number of hydrogen-bond donors (Lipinski definition) is 2. The molecular weight excluding hydrogens is 328 g/mol. The van der Waals surface area contributed by atoms with E-state index >= 15 is 0 Å². The lowest BCUT2D eigenvalue weighted by atomic mass is 9.97. The molecule has 1 amide bonds. The van der Waals surface area contributed by atoms with E-state index < -0.39 is 0 Å². The average molecular weight is 352 g/mol. The van der Waals surface area contributed by atoms with E-state index in [-0.39, 0.29) is 11.8 Å². The maximum Gasteiger partial charge on any atom is 0.223 e. The van der Waals surface area contributed by atoms with Gasteiger partial charge in [0, 0.05) is 31.8 Å². The molecule has 0 spiro atoms. The van der Waals surface area contributed by atoms with Crippen LogP contribution in [0.15, 0.2) is 18.2 Å². The fourth-order valence-corrected chi connectivity index (χ4v) is 3.69. The highest BCUT2D eigenvalue weighted by Gasteiger charge is 2.26. The number of nitrogens with zero attached hydrogens (tertiary/aromatic N) is 4. The standard InChI is InChI=1S/C19H24N6O/c1-12-5-3-7-15-18(12)22-19(21-15)14-6-4-10-25(11-14)17(26)9-8-16-20-13(2)23-24-16/h3,5,7,14H,4,6,8-11H2,1-2H3,(H,21,22)(H,20,23,24)/t14-/m0/s1. The van der Waals surface area contributed by atoms with Gasteiger partial charge >= 0.3 is 0 Å². The second kappa shape index (κ2) is 6.90. The van der Waals surface area contributed by atoms with E-state index in [1.54, 1.807) is 0 Å². The van der Waals surface area contributed by atoms with Gasteiger partial charge in [0.1, 0.15) is 11.6 Å². The van der Waals surface area contributed by atoms with Crippen molar-refractivity contribution in [2.24, 2.45) is 0 Å². The van der Waals surface area contributed by atoms with E-state index in [0.29, 0.717) is 18.7 Å². The van der Waals surface area contributed by atoms with Crippen LogP contribution in [0, 0.1) is 13.8 Å². The molecular formula is C19H24N6O. The molecule has 1 saturated heterocycles. The number of imidazole rings is 1. The Balaban J connectivity index is 1.42. The van der Waals surface area contributed by atoms with Crippen molar-refractivity contribution in [2.75, 3.05) is 13.1 Å². The topological polar surface area (TPSA) is 90.6 Å². The van der Waals surface area contributed by atoms with Crippen LogP contribution in [0.5, 0.6) is 0 Å². The number of hydrogen-bond acceptors (Lipinski definition) is 4. The van der Waals surface area contributed by atoms with Gasteiger partial charge in [-0.1, -0.05) is 12.1 Å². The molecule has 26 heavy (non-hydrogen) atoms. The number of amides is 1. The summed E-state index contributed by atoms with van der Waals surface area (Å²) < 4.78 is 0. The summed E-state index contributed by atoms with van der Waals surface area (Å²) in [5.74, 6) is 2.92. The molecule has 1 atom stereocenters. The Kier molecular flexibility index (Phi) is 4.44. The van der Waals surface area contributed by atoms with Crippen molar-refractivity contribution in [3.63, 3.8) is 0 Å². The van der Waals surface area contributed by atoms with Gasteiger partial charge in [-0.15, -0.1) is 0 Å². The number of para-hydroxylation sites is 1. The minimum absolute atomic E-state index is 0.171. The Morgan fingerprint density at radius 2 is 2.19 bits per heavy atom. The van der Waals surface area contributed by atoms with Gasteiger partial charge in [0.2, 0.25) is 5.91 Å². The van der Waals surface area contributed by atoms with Crippen LogP contribution in [-0.2, 0) is 11.2 Å². The minimum atomic E-state index is 0.171. The summed E-state index contributed by atoms with van der Waals surface area (Å²) in [7, 11) is 0. The third-order valence-corrected chi connectivity index (χ3v) is 5.10. The Morgan fingerprint density at radius 3 is 2.96 bits per heavy atom. The summed E-state index contributed by atoms with van der Waals surface area (Å²) in [6.45, 7) is 5.49. The highest BCUT2D eigenvalue weighted by Crippen LogP contribution is 2.28. The zero-order chi connectivity index (χ0) is 18.1. The Labute approximate surface area is 152 Å². The summed E-state index contributed by atoms with van der Waals surface area (Å²) in [6.07, 6.45) is 3.09. The van der Waals surface area contributed by atoms with Crippen LogP contribution in [-0.4, -0.2) is 49.0 Å². The maximum atomic E-state index is 12.6. The first-order valence-corrected chi connectivity index (χ1v) is 9.21. The number of benzene rings is 1. The van der Waals surface area contributed by atoms with E-state index in [2.05, 4.69) is 39.2 Å². The van der Waals surface area contributed by atoms with Gasteiger partial charge in [-0.3, -0.25) is 9.89 Å². The van der Waals surface area contributed by atoms with Gasteiger partial charge in [0.25, 0.3) is 0 Å². The first kappa shape index (κ1) is 16.8. The number of aryl methyl sites for hydroxylation is 3. The first-order chi connectivity index (χ1) is 12.6. The molecule has 3 aromatic rings. The van der Waals surface area contributed by atoms with Crippen molar-refractivity contribution < 1.29 is 4.79 Å². The first-order valence-electron chi connectivity index (χ1n) is 9.21. The number of piperidine rings is 1. The molecule has 1 fully saturated rings. The normalized spacial score (nSPS) is 17.8. The number of aromatic nitrogens is 5. The summed E-state index contributed by atoms with van der Waals surface area (Å²) in [4.78, 5) is 27.1. The molecule has 1 aromatic carbocycles. The molecule has 0 unspecified atom stereocenters. The van der Waals surface area contributed by atoms with Crippen LogP contribution in [0.1, 0.15) is 48.2 Å². The fraction of sp³-hybridized carbons (Fsp3) is 0.474. The summed E-state index contributed by atoms with van der Waals surface area (Å²) in [5.41, 5.74) is 3.28. The monoisotopic (exact) mass is 352 g/mol. The van der Waals surface area contributed by atoms with E-state index in [0.717, 1.165) is 48.6 Å². The second-order valence-corrected chi connectivity index (χ2v) is 7.11. The molecule has 136 valence electrons. The number of likely N-dealkylation sites (tertiary alicyclic amines) is 1. The fourth-order valence-electron chi connectivity index (χ4n) is 3.69. The summed E-state index contributed by atoms with van der Waals surface area (Å²) in [5, 5.41) is 6.93. The van der Waals surface area contributed by atoms with E-state index in [4.69, 9.17) is 4.98 Å². The maximum absolute atomic E-state index is 12.6. The summed E-state index contributed by atoms with van der Waals surface area (Å²) >= 11 is 0. The molecule has 1 aliphatic rings. The smallest absolute Gasteiger partial charge is 0.223 e. The molecule has 0 radical (unpaired) electrons. The molecule has 0 aliphatic carbocycles. The average Bonchev–Trinajstić information content (AvgIpc) is 3.27. The van der Waals surface area contributed by atoms with Crippen LogP contribution in [0.3, 0.4) is 0 Å². The number of nitrogens with one attached hydrogen (secondary N) is 2. The van der Waals surface area contributed by atoms with E-state index in [9.17, 15) is 4.79 Å². The molecule has 3 heterocycles. The molecule has 0 saturated carbocycles. The highest BCUT2D eigenvalue weighted by molar-refractivity contribution is 5.79. The quantitative estimate of drug-likeness (QED) is 0.755. The largest absolute Gasteiger partial charge is 0.342 e. The molecule has 4 rings (SSSR count). The van der Waals surface area contributed by atoms with Gasteiger partial charge in [-0.25, -0.2) is 9.97 Å². The zero-order valence-corrected chi connectivity index (χ0v) is 15.2. The molecule has 7 nitrogen and oxygen atoms in total. The molecule has 2 aromatic heterocycles. The Bertz CT molecular complexity index is 927. The highest BCUT2D eigenvalue weighted by atomic mass is 16.2. The van der Waals surface area contributed by atoms with Crippen molar-refractivity contribution in [3.05, 3.63) is 41.2 Å². The van der Waals surface area contributed by atoms with Gasteiger partial charge in [0.15, 0.2) is 5.82 Å². The number of fused-ring (bicyclic) bond motifs is 1. The molecule has 1 aliphatic heterocycles. The number of aromatic amines is 2. The van der Waals surface area contributed by atoms with Gasteiger partial charge < -0.3 is 9.88 Å². The Morgan fingerprint density at radius 1 is 1.31 bits per heavy atom. The van der Waals surface area contributed by atoms with Gasteiger partial charge in [-0.2, -0.15) is 5.10 Å². The van der Waals surface area contributed by atoms with Crippen LogP contribution in [0.2, 0.25) is 0 Å². The molecule has 2 N–H and O–H groups in total. The van der Waals surface area contributed by atoms with Crippen LogP contribution >= 0.6 is 0 Å².